The number of rotatable bonds is 0. The van der Waals surface area contributed by atoms with E-state index in [-0.39, 0.29) is 0 Å². The fourth-order valence-corrected chi connectivity index (χ4v) is 0.843. The molecule has 34 valence electrons. The zero-order valence-electron chi connectivity index (χ0n) is 3.23. The van der Waals surface area contributed by atoms with E-state index in [9.17, 15) is 0 Å². The van der Waals surface area contributed by atoms with Gasteiger partial charge >= 0.3 is 0 Å². The van der Waals surface area contributed by atoms with Crippen LogP contribution in [0.2, 0.25) is 0 Å². The van der Waals surface area contributed by atoms with Gasteiger partial charge in [0.1, 0.15) is 5.84 Å². The van der Waals surface area contributed by atoms with Crippen LogP contribution in [0.25, 0.3) is 0 Å². The van der Waals surface area contributed by atoms with Gasteiger partial charge in [0, 0.05) is 0 Å². The topological polar surface area (TPSA) is 50.4 Å². The normalized spacial score (nSPS) is 25.0. The maximum Gasteiger partial charge on any atom is 0.113 e. The van der Waals surface area contributed by atoms with Crippen LogP contribution in [0, 0.1) is 0 Å². The van der Waals surface area contributed by atoms with Crippen molar-refractivity contribution in [2.45, 2.75) is 0 Å². The fourth-order valence-electron chi connectivity index (χ4n) is 0.281. The molecule has 0 fully saturated rings. The molecule has 1 atom stereocenters. The standard InChI is InChI=1S/C2H6N3P/c3-2-1-4-6-5-2/h4,6H,1H2,(H2,3,5). The van der Waals surface area contributed by atoms with Crippen LogP contribution < -0.4 is 10.8 Å². The lowest BCUT2D eigenvalue weighted by Crippen LogP contribution is -2.17. The molecule has 0 radical (unpaired) electrons. The molecule has 1 rings (SSSR count). The lowest BCUT2D eigenvalue weighted by Gasteiger charge is -1.79. The summed E-state index contributed by atoms with van der Waals surface area (Å²) in [5.41, 5.74) is 5.23. The molecule has 0 saturated heterocycles. The number of nitrogens with one attached hydrogen (secondary N) is 1. The van der Waals surface area contributed by atoms with Gasteiger partial charge in [0.25, 0.3) is 0 Å². The Hall–Kier alpha value is -0.140. The van der Waals surface area contributed by atoms with E-state index in [2.05, 4.69) is 9.85 Å². The van der Waals surface area contributed by atoms with E-state index >= 15 is 0 Å². The van der Waals surface area contributed by atoms with E-state index in [0.717, 1.165) is 12.4 Å². The van der Waals surface area contributed by atoms with E-state index in [0.29, 0.717) is 8.88 Å². The highest BCUT2D eigenvalue weighted by Gasteiger charge is 1.95. The molecule has 1 unspecified atom stereocenters. The van der Waals surface area contributed by atoms with Crippen molar-refractivity contribution in [2.75, 3.05) is 6.54 Å². The molecule has 0 saturated carbocycles. The zero-order valence-corrected chi connectivity index (χ0v) is 4.23. The van der Waals surface area contributed by atoms with Gasteiger partial charge in [-0.15, -0.1) is 0 Å². The molecule has 0 aromatic rings. The van der Waals surface area contributed by atoms with Gasteiger partial charge in [-0.05, 0) is 0 Å². The van der Waals surface area contributed by atoms with Crippen LogP contribution in [0.5, 0.6) is 0 Å². The summed E-state index contributed by atoms with van der Waals surface area (Å²) < 4.78 is 3.85. The summed E-state index contributed by atoms with van der Waals surface area (Å²) in [7, 11) is 0.502. The van der Waals surface area contributed by atoms with Gasteiger partial charge in [0.15, 0.2) is 0 Å². The maximum atomic E-state index is 5.23. The largest absolute Gasteiger partial charge is 0.386 e. The molecule has 3 nitrogen and oxygen atoms in total. The second-order valence-electron chi connectivity index (χ2n) is 1.07. The summed E-state index contributed by atoms with van der Waals surface area (Å²) in [6.07, 6.45) is 0. The second-order valence-corrected chi connectivity index (χ2v) is 1.87. The predicted octanol–water partition coefficient (Wildman–Crippen LogP) is -0.545. The van der Waals surface area contributed by atoms with E-state index < -0.39 is 0 Å². The smallest absolute Gasteiger partial charge is 0.113 e. The third-order valence-electron chi connectivity index (χ3n) is 0.548. The molecule has 1 aliphatic rings. The molecule has 1 aliphatic heterocycles. The average Bonchev–Trinajstić information content (AvgIpc) is 1.86. The minimum absolute atomic E-state index is 0.502. The summed E-state index contributed by atoms with van der Waals surface area (Å²) in [5.74, 6) is 0.730. The van der Waals surface area contributed by atoms with Crippen molar-refractivity contribution < 1.29 is 0 Å². The summed E-state index contributed by atoms with van der Waals surface area (Å²) >= 11 is 0. The Bertz CT molecular complexity index is 78.9. The SMILES string of the molecule is NC1=NPNC1. The number of hydrogen-bond donors (Lipinski definition) is 2. The van der Waals surface area contributed by atoms with Crippen molar-refractivity contribution in [3.05, 3.63) is 0 Å². The molecular formula is C2H6N3P. The first-order chi connectivity index (χ1) is 2.89. The van der Waals surface area contributed by atoms with Gasteiger partial charge in [0.05, 0.1) is 15.4 Å². The third kappa shape index (κ3) is 0.671. The summed E-state index contributed by atoms with van der Waals surface area (Å²) in [5, 5.41) is 2.97. The first kappa shape index (κ1) is 4.03. The zero-order chi connectivity index (χ0) is 4.41. The number of hydrogen-bond acceptors (Lipinski definition) is 3. The van der Waals surface area contributed by atoms with Crippen molar-refractivity contribution in [3.8, 4) is 0 Å². The van der Waals surface area contributed by atoms with Crippen LogP contribution in [-0.2, 0) is 0 Å². The molecule has 1 heterocycles. The maximum absolute atomic E-state index is 5.23. The van der Waals surface area contributed by atoms with E-state index in [4.69, 9.17) is 5.73 Å². The monoisotopic (exact) mass is 103 g/mol. The quantitative estimate of drug-likeness (QED) is 0.404. The Morgan fingerprint density at radius 1 is 2.00 bits per heavy atom. The van der Waals surface area contributed by atoms with Crippen LogP contribution in [-0.4, -0.2) is 12.4 Å². The third-order valence-corrected chi connectivity index (χ3v) is 1.28. The van der Waals surface area contributed by atoms with E-state index in [1.54, 1.807) is 0 Å². The predicted molar refractivity (Wildman–Crippen MR) is 27.9 cm³/mol. The first-order valence-electron chi connectivity index (χ1n) is 1.69. The minimum Gasteiger partial charge on any atom is -0.386 e. The van der Waals surface area contributed by atoms with Gasteiger partial charge in [-0.3, -0.25) is 5.09 Å². The Morgan fingerprint density at radius 2 is 2.83 bits per heavy atom. The molecule has 0 spiro atoms. The highest BCUT2D eigenvalue weighted by molar-refractivity contribution is 7.35. The van der Waals surface area contributed by atoms with Crippen LogP contribution >= 0.6 is 8.88 Å². The summed E-state index contributed by atoms with van der Waals surface area (Å²) in [6.45, 7) is 0.776. The molecule has 6 heavy (non-hydrogen) atoms. The van der Waals surface area contributed by atoms with Crippen molar-refractivity contribution in [3.63, 3.8) is 0 Å². The molecule has 3 N–H and O–H groups in total. The number of amidine groups is 1. The van der Waals surface area contributed by atoms with Gasteiger partial charge in [-0.1, -0.05) is 0 Å². The second kappa shape index (κ2) is 1.54. The van der Waals surface area contributed by atoms with Gasteiger partial charge in [0.2, 0.25) is 0 Å². The Kier molecular flexibility index (Phi) is 1.03. The van der Waals surface area contributed by atoms with Crippen molar-refractivity contribution in [1.29, 1.82) is 0 Å². The average molecular weight is 103 g/mol. The number of nitrogens with two attached hydrogens (primary N) is 1. The van der Waals surface area contributed by atoms with Gasteiger partial charge in [-0.25, -0.2) is 4.76 Å². The van der Waals surface area contributed by atoms with Crippen molar-refractivity contribution in [2.24, 2.45) is 10.5 Å². The van der Waals surface area contributed by atoms with E-state index in [1.807, 2.05) is 0 Å². The van der Waals surface area contributed by atoms with Crippen LogP contribution in [0.3, 0.4) is 0 Å². The molecule has 0 aliphatic carbocycles. The Balaban J connectivity index is 2.45. The molecule has 0 aromatic heterocycles. The Morgan fingerprint density at radius 3 is 3.00 bits per heavy atom. The van der Waals surface area contributed by atoms with Crippen molar-refractivity contribution >= 4 is 14.7 Å². The Labute approximate surface area is 37.9 Å². The fraction of sp³-hybridized carbons (Fsp3) is 0.500. The molecule has 0 amide bonds. The first-order valence-corrected chi connectivity index (χ1v) is 2.64. The lowest BCUT2D eigenvalue weighted by molar-refractivity contribution is 1.18. The van der Waals surface area contributed by atoms with Crippen molar-refractivity contribution in [1.82, 2.24) is 5.09 Å². The molecule has 0 aromatic carbocycles. The molecule has 4 heteroatoms. The molecular weight excluding hydrogens is 97.0 g/mol. The highest BCUT2D eigenvalue weighted by Crippen LogP contribution is 2.07. The van der Waals surface area contributed by atoms with Gasteiger partial charge < -0.3 is 5.73 Å². The lowest BCUT2D eigenvalue weighted by atomic mass is 10.6. The highest BCUT2D eigenvalue weighted by atomic mass is 31.1. The van der Waals surface area contributed by atoms with Crippen LogP contribution in [0.1, 0.15) is 0 Å². The minimum atomic E-state index is 0.502. The number of nitrogens with zero attached hydrogens (tertiary/aromatic N) is 1. The molecule has 0 bridgehead atoms. The van der Waals surface area contributed by atoms with E-state index in [1.165, 1.54) is 0 Å². The summed E-state index contributed by atoms with van der Waals surface area (Å²) in [4.78, 5) is 0. The van der Waals surface area contributed by atoms with Gasteiger partial charge in [-0.2, -0.15) is 0 Å². The van der Waals surface area contributed by atoms with Crippen LogP contribution in [0.15, 0.2) is 4.76 Å². The van der Waals surface area contributed by atoms with Crippen LogP contribution in [0.4, 0.5) is 0 Å². The summed E-state index contributed by atoms with van der Waals surface area (Å²) in [6, 6.07) is 0.